The average molecular weight is 389 g/mol. The van der Waals surface area contributed by atoms with E-state index in [1.807, 2.05) is 32.0 Å². The Labute approximate surface area is 164 Å². The highest BCUT2D eigenvalue weighted by atomic mass is 28.4. The fourth-order valence-electron chi connectivity index (χ4n) is 3.73. The van der Waals surface area contributed by atoms with Crippen LogP contribution in [0.4, 0.5) is 0 Å². The third-order valence-corrected chi connectivity index (χ3v) is 10.6. The Morgan fingerprint density at radius 2 is 1.63 bits per heavy atom. The summed E-state index contributed by atoms with van der Waals surface area (Å²) in [7, 11) is -1.89. The molecule has 1 aliphatic carbocycles. The van der Waals surface area contributed by atoms with E-state index in [-0.39, 0.29) is 29.7 Å². The van der Waals surface area contributed by atoms with Crippen LogP contribution in [0.2, 0.25) is 18.1 Å². The summed E-state index contributed by atoms with van der Waals surface area (Å²) in [5.41, 5.74) is 0.513. The number of esters is 1. The predicted octanol–water partition coefficient (Wildman–Crippen LogP) is 5.01. The summed E-state index contributed by atoms with van der Waals surface area (Å²) < 4.78 is 12.5. The zero-order valence-electron chi connectivity index (χ0n) is 17.1. The molecule has 4 nitrogen and oxygen atoms in total. The first-order chi connectivity index (χ1) is 12.9. The first-order valence-corrected chi connectivity index (χ1v) is 12.6. The number of ether oxygens (including phenoxy) is 1. The third-order valence-electron chi connectivity index (χ3n) is 6.00. The lowest BCUT2D eigenvalue weighted by Crippen LogP contribution is -2.47. The van der Waals surface area contributed by atoms with Crippen molar-refractivity contribution in [2.24, 2.45) is 11.8 Å². The summed E-state index contributed by atoms with van der Waals surface area (Å²) >= 11 is 0. The molecule has 2 rings (SSSR count). The minimum Gasteiger partial charge on any atom is -0.454 e. The molecule has 0 amide bonds. The van der Waals surface area contributed by atoms with E-state index in [1.165, 1.54) is 0 Å². The fourth-order valence-corrected chi connectivity index (χ4v) is 6.73. The van der Waals surface area contributed by atoms with Crippen LogP contribution >= 0.6 is 0 Å². The molecular formula is C22H32O4Si. The van der Waals surface area contributed by atoms with Gasteiger partial charge in [-0.15, -0.1) is 0 Å². The SMILES string of the molecule is CC[Si](CC)(CC)O[C@H]1[C@@H](C)[C@@H](OC(=O)c2ccccc2)C=CC(=O)[C@H]1C. The molecule has 0 aromatic heterocycles. The fraction of sp³-hybridized carbons (Fsp3) is 0.545. The summed E-state index contributed by atoms with van der Waals surface area (Å²) in [5, 5.41) is 0. The molecule has 0 saturated carbocycles. The van der Waals surface area contributed by atoms with E-state index in [0.29, 0.717) is 5.56 Å². The predicted molar refractivity (Wildman–Crippen MR) is 110 cm³/mol. The molecule has 0 radical (unpaired) electrons. The van der Waals surface area contributed by atoms with Crippen molar-refractivity contribution in [3.63, 3.8) is 0 Å². The molecule has 148 valence electrons. The molecule has 1 aliphatic rings. The standard InChI is InChI=1S/C22H32O4Si/c1-6-27(7-2,8-3)26-21-16(4)19(23)14-15-20(17(21)5)25-22(24)18-12-10-9-11-13-18/h9-17,20-21H,6-8H2,1-5H3/t16-,17+,20+,21-/m1/s1. The molecule has 0 heterocycles. The molecule has 0 bridgehead atoms. The lowest BCUT2D eigenvalue weighted by molar-refractivity contribution is -0.121. The van der Waals surface area contributed by atoms with Gasteiger partial charge in [-0.05, 0) is 42.4 Å². The van der Waals surface area contributed by atoms with Crippen molar-refractivity contribution in [1.29, 1.82) is 0 Å². The lowest BCUT2D eigenvalue weighted by atomic mass is 9.90. The maximum Gasteiger partial charge on any atom is 0.338 e. The highest BCUT2D eigenvalue weighted by molar-refractivity contribution is 6.73. The maximum absolute atomic E-state index is 12.5. The number of ketones is 1. The largest absolute Gasteiger partial charge is 0.454 e. The van der Waals surface area contributed by atoms with Crippen LogP contribution in [-0.2, 0) is 14.0 Å². The van der Waals surface area contributed by atoms with Crippen molar-refractivity contribution in [2.75, 3.05) is 0 Å². The van der Waals surface area contributed by atoms with Crippen molar-refractivity contribution in [1.82, 2.24) is 0 Å². The molecular weight excluding hydrogens is 356 g/mol. The van der Waals surface area contributed by atoms with Crippen LogP contribution in [0.15, 0.2) is 42.5 Å². The second-order valence-electron chi connectivity index (χ2n) is 7.47. The highest BCUT2D eigenvalue weighted by Crippen LogP contribution is 2.33. The first kappa shape index (κ1) is 21.6. The van der Waals surface area contributed by atoms with Gasteiger partial charge in [0.15, 0.2) is 14.1 Å². The van der Waals surface area contributed by atoms with Gasteiger partial charge in [0.1, 0.15) is 6.10 Å². The molecule has 4 atom stereocenters. The number of hydrogen-bond acceptors (Lipinski definition) is 4. The first-order valence-electron chi connectivity index (χ1n) is 10.0. The van der Waals surface area contributed by atoms with E-state index in [4.69, 9.17) is 9.16 Å². The summed E-state index contributed by atoms with van der Waals surface area (Å²) in [6.07, 6.45) is 2.56. The topological polar surface area (TPSA) is 52.6 Å². The number of allylic oxidation sites excluding steroid dienone is 1. The number of hydrogen-bond donors (Lipinski definition) is 0. The molecule has 0 spiro atoms. The van der Waals surface area contributed by atoms with Crippen LogP contribution in [0.3, 0.4) is 0 Å². The van der Waals surface area contributed by atoms with Gasteiger partial charge in [0, 0.05) is 11.8 Å². The van der Waals surface area contributed by atoms with E-state index >= 15 is 0 Å². The van der Waals surface area contributed by atoms with E-state index in [0.717, 1.165) is 18.1 Å². The van der Waals surface area contributed by atoms with Crippen LogP contribution in [0.5, 0.6) is 0 Å². The van der Waals surface area contributed by atoms with E-state index in [2.05, 4.69) is 20.8 Å². The van der Waals surface area contributed by atoms with Crippen molar-refractivity contribution in [3.05, 3.63) is 48.0 Å². The monoisotopic (exact) mass is 388 g/mol. The van der Waals surface area contributed by atoms with Crippen LogP contribution in [0.1, 0.15) is 45.0 Å². The quantitative estimate of drug-likeness (QED) is 0.486. The van der Waals surface area contributed by atoms with Gasteiger partial charge in [0.25, 0.3) is 0 Å². The minimum absolute atomic E-state index is 0.0383. The maximum atomic E-state index is 12.5. The summed E-state index contributed by atoms with van der Waals surface area (Å²) in [6.45, 7) is 10.5. The van der Waals surface area contributed by atoms with Crippen molar-refractivity contribution in [2.45, 2.75) is 65.0 Å². The second-order valence-corrected chi connectivity index (χ2v) is 12.2. The Kier molecular flexibility index (Phi) is 7.56. The molecule has 0 unspecified atom stereocenters. The van der Waals surface area contributed by atoms with Crippen molar-refractivity contribution >= 4 is 20.1 Å². The molecule has 5 heteroatoms. The summed E-state index contributed by atoms with van der Waals surface area (Å²) in [6, 6.07) is 12.0. The zero-order valence-corrected chi connectivity index (χ0v) is 18.1. The van der Waals surface area contributed by atoms with Gasteiger partial charge in [-0.25, -0.2) is 4.79 Å². The zero-order chi connectivity index (χ0) is 20.0. The molecule has 1 aromatic rings. The summed E-state index contributed by atoms with van der Waals surface area (Å²) in [5.74, 6) is -0.667. The Bertz CT molecular complexity index is 658. The summed E-state index contributed by atoms with van der Waals surface area (Å²) in [4.78, 5) is 25.1. The highest BCUT2D eigenvalue weighted by Gasteiger charge is 2.42. The van der Waals surface area contributed by atoms with Crippen molar-refractivity contribution < 1.29 is 18.8 Å². The Morgan fingerprint density at radius 1 is 1.04 bits per heavy atom. The van der Waals surface area contributed by atoms with Crippen molar-refractivity contribution in [3.8, 4) is 0 Å². The van der Waals surface area contributed by atoms with Gasteiger partial charge in [0.2, 0.25) is 0 Å². The van der Waals surface area contributed by atoms with Gasteiger partial charge >= 0.3 is 5.97 Å². The number of carbonyl (C=O) groups is 2. The van der Waals surface area contributed by atoms with E-state index < -0.39 is 14.4 Å². The van der Waals surface area contributed by atoms with Crippen LogP contribution in [-0.4, -0.2) is 32.3 Å². The minimum atomic E-state index is -1.89. The van der Waals surface area contributed by atoms with Gasteiger partial charge < -0.3 is 9.16 Å². The number of benzene rings is 1. The third kappa shape index (κ3) is 4.96. The number of rotatable bonds is 7. The molecule has 0 aliphatic heterocycles. The molecule has 0 N–H and O–H groups in total. The van der Waals surface area contributed by atoms with Gasteiger partial charge in [0.05, 0.1) is 11.7 Å². The molecule has 0 fully saturated rings. The van der Waals surface area contributed by atoms with Crippen LogP contribution in [0, 0.1) is 11.8 Å². The average Bonchev–Trinajstić information content (AvgIpc) is 2.80. The van der Waals surface area contributed by atoms with E-state index in [1.54, 1.807) is 24.3 Å². The van der Waals surface area contributed by atoms with Crippen LogP contribution < -0.4 is 0 Å². The molecule has 27 heavy (non-hydrogen) atoms. The van der Waals surface area contributed by atoms with Crippen LogP contribution in [0.25, 0.3) is 0 Å². The molecule has 1 aromatic carbocycles. The Hall–Kier alpha value is -1.72. The smallest absolute Gasteiger partial charge is 0.338 e. The van der Waals surface area contributed by atoms with E-state index in [9.17, 15) is 9.59 Å². The number of carbonyl (C=O) groups excluding carboxylic acids is 2. The normalized spacial score (nSPS) is 25.9. The van der Waals surface area contributed by atoms with Gasteiger partial charge in [-0.2, -0.15) is 0 Å². The Balaban J connectivity index is 2.25. The lowest BCUT2D eigenvalue weighted by Gasteiger charge is -2.39. The van der Waals surface area contributed by atoms with Gasteiger partial charge in [-0.1, -0.05) is 52.8 Å². The van der Waals surface area contributed by atoms with Gasteiger partial charge in [-0.3, -0.25) is 4.79 Å². The Morgan fingerprint density at radius 3 is 2.19 bits per heavy atom. The molecule has 0 saturated heterocycles. The second kappa shape index (κ2) is 9.47.